The fourth-order valence-electron chi connectivity index (χ4n) is 1.55. The first kappa shape index (κ1) is 9.08. The molecule has 0 saturated heterocycles. The number of carbonyl (C=O) groups excluding carboxylic acids is 1. The molecule has 1 aromatic rings. The van der Waals surface area contributed by atoms with Gasteiger partial charge in [0.1, 0.15) is 5.82 Å². The van der Waals surface area contributed by atoms with E-state index in [0.29, 0.717) is 31.7 Å². The zero-order chi connectivity index (χ0) is 9.97. The summed E-state index contributed by atoms with van der Waals surface area (Å²) in [6.45, 7) is 1.27. The maximum atomic E-state index is 10.5. The zero-order valence-corrected chi connectivity index (χ0v) is 7.69. The van der Waals surface area contributed by atoms with E-state index < -0.39 is 0 Å². The number of nitrogen functional groups attached to an aromatic ring is 1. The second kappa shape index (κ2) is 3.71. The molecule has 5 nitrogen and oxygen atoms in total. The molecule has 0 bridgehead atoms. The maximum absolute atomic E-state index is 10.5. The van der Waals surface area contributed by atoms with Crippen molar-refractivity contribution >= 4 is 12.1 Å². The summed E-state index contributed by atoms with van der Waals surface area (Å²) >= 11 is 0. The van der Waals surface area contributed by atoms with E-state index >= 15 is 0 Å². The Morgan fingerprint density at radius 2 is 2.07 bits per heavy atom. The van der Waals surface area contributed by atoms with Gasteiger partial charge in [-0.25, -0.2) is 9.97 Å². The second-order valence-electron chi connectivity index (χ2n) is 3.12. The Kier molecular flexibility index (Phi) is 2.41. The third kappa shape index (κ3) is 1.58. The predicted molar refractivity (Wildman–Crippen MR) is 50.1 cm³/mol. The van der Waals surface area contributed by atoms with E-state index in [1.807, 2.05) is 0 Å². The number of rotatable bonds is 1. The average Bonchev–Trinajstić information content (AvgIpc) is 2.42. The van der Waals surface area contributed by atoms with Crippen molar-refractivity contribution in [1.29, 1.82) is 0 Å². The number of nitrogens with zero attached hydrogens (tertiary/aromatic N) is 2. The van der Waals surface area contributed by atoms with Crippen LogP contribution in [0, 0.1) is 0 Å². The standard InChI is InChI=1S/C9H11N3O2/c10-9-6-1-3-14-4-2-7(6)11-8(5-13)12-9/h5H,1-4H2,(H2,10,11,12). The molecule has 0 aliphatic carbocycles. The zero-order valence-electron chi connectivity index (χ0n) is 7.69. The van der Waals surface area contributed by atoms with Crippen molar-refractivity contribution in [2.75, 3.05) is 18.9 Å². The van der Waals surface area contributed by atoms with E-state index in [0.717, 1.165) is 17.7 Å². The van der Waals surface area contributed by atoms with Gasteiger partial charge in [-0.3, -0.25) is 4.79 Å². The third-order valence-corrected chi connectivity index (χ3v) is 2.23. The predicted octanol–water partition coefficient (Wildman–Crippen LogP) is -0.0135. The summed E-state index contributed by atoms with van der Waals surface area (Å²) < 4.78 is 5.29. The molecule has 1 aliphatic rings. The van der Waals surface area contributed by atoms with Gasteiger partial charge in [0.25, 0.3) is 0 Å². The summed E-state index contributed by atoms with van der Waals surface area (Å²) in [4.78, 5) is 18.5. The first-order chi connectivity index (χ1) is 6.81. The number of aromatic nitrogens is 2. The molecule has 14 heavy (non-hydrogen) atoms. The van der Waals surface area contributed by atoms with Crippen molar-refractivity contribution < 1.29 is 9.53 Å². The molecule has 5 heteroatoms. The minimum atomic E-state index is 0.156. The molecule has 0 unspecified atom stereocenters. The van der Waals surface area contributed by atoms with E-state index in [4.69, 9.17) is 10.5 Å². The van der Waals surface area contributed by atoms with Crippen molar-refractivity contribution in [2.45, 2.75) is 12.8 Å². The molecule has 0 amide bonds. The van der Waals surface area contributed by atoms with Gasteiger partial charge in [-0.15, -0.1) is 0 Å². The monoisotopic (exact) mass is 193 g/mol. The molecule has 0 radical (unpaired) electrons. The fourth-order valence-corrected chi connectivity index (χ4v) is 1.55. The highest BCUT2D eigenvalue weighted by Crippen LogP contribution is 2.17. The Labute approximate surface area is 81.3 Å². The largest absolute Gasteiger partial charge is 0.383 e. The van der Waals surface area contributed by atoms with Gasteiger partial charge in [-0.1, -0.05) is 0 Å². The number of anilines is 1. The number of aldehydes is 1. The van der Waals surface area contributed by atoms with Crippen molar-refractivity contribution in [3.63, 3.8) is 0 Å². The molecular weight excluding hydrogens is 182 g/mol. The number of fused-ring (bicyclic) bond motifs is 1. The lowest BCUT2D eigenvalue weighted by atomic mass is 10.1. The van der Waals surface area contributed by atoms with E-state index in [2.05, 4.69) is 9.97 Å². The Bertz CT molecular complexity index is 365. The molecule has 1 aliphatic heterocycles. The SMILES string of the molecule is Nc1nc(C=O)nc2c1CCOCC2. The molecule has 2 heterocycles. The maximum Gasteiger partial charge on any atom is 0.194 e. The summed E-state index contributed by atoms with van der Waals surface area (Å²) in [5, 5.41) is 0. The fraction of sp³-hybridized carbons (Fsp3) is 0.444. The molecule has 1 aromatic heterocycles. The van der Waals surface area contributed by atoms with Crippen LogP contribution in [0.2, 0.25) is 0 Å². The Morgan fingerprint density at radius 3 is 2.86 bits per heavy atom. The molecule has 0 aromatic carbocycles. The van der Waals surface area contributed by atoms with E-state index in [-0.39, 0.29) is 5.82 Å². The van der Waals surface area contributed by atoms with Gasteiger partial charge in [0.05, 0.1) is 18.9 Å². The van der Waals surface area contributed by atoms with Gasteiger partial charge in [-0.05, 0) is 0 Å². The number of hydrogen-bond donors (Lipinski definition) is 1. The number of ether oxygens (including phenoxy) is 1. The lowest BCUT2D eigenvalue weighted by Crippen LogP contribution is -2.08. The second-order valence-corrected chi connectivity index (χ2v) is 3.12. The highest BCUT2D eigenvalue weighted by Gasteiger charge is 2.14. The minimum absolute atomic E-state index is 0.156. The molecule has 0 saturated carbocycles. The molecule has 2 N–H and O–H groups in total. The molecular formula is C9H11N3O2. The Morgan fingerprint density at radius 1 is 1.29 bits per heavy atom. The van der Waals surface area contributed by atoms with Crippen LogP contribution in [0.25, 0.3) is 0 Å². The van der Waals surface area contributed by atoms with Crippen molar-refractivity contribution in [3.8, 4) is 0 Å². The van der Waals surface area contributed by atoms with Crippen LogP contribution in [-0.2, 0) is 17.6 Å². The van der Waals surface area contributed by atoms with Crippen LogP contribution in [0.1, 0.15) is 21.9 Å². The lowest BCUT2D eigenvalue weighted by Gasteiger charge is -2.06. The Balaban J connectivity index is 2.48. The van der Waals surface area contributed by atoms with Crippen LogP contribution in [0.3, 0.4) is 0 Å². The van der Waals surface area contributed by atoms with Crippen molar-refractivity contribution in [3.05, 3.63) is 17.1 Å². The van der Waals surface area contributed by atoms with E-state index in [9.17, 15) is 4.79 Å². The smallest absolute Gasteiger partial charge is 0.194 e. The normalized spacial score (nSPS) is 15.7. The van der Waals surface area contributed by atoms with Crippen LogP contribution in [0.15, 0.2) is 0 Å². The molecule has 2 rings (SSSR count). The number of carbonyl (C=O) groups is 1. The van der Waals surface area contributed by atoms with Gasteiger partial charge in [-0.2, -0.15) is 0 Å². The van der Waals surface area contributed by atoms with E-state index in [1.165, 1.54) is 0 Å². The lowest BCUT2D eigenvalue weighted by molar-refractivity contribution is 0.111. The first-order valence-corrected chi connectivity index (χ1v) is 4.49. The summed E-state index contributed by atoms with van der Waals surface area (Å²) in [5.41, 5.74) is 7.49. The van der Waals surface area contributed by atoms with Gasteiger partial charge in [0.15, 0.2) is 12.1 Å². The summed E-state index contributed by atoms with van der Waals surface area (Å²) in [7, 11) is 0. The van der Waals surface area contributed by atoms with Crippen molar-refractivity contribution in [1.82, 2.24) is 9.97 Å². The van der Waals surface area contributed by atoms with Gasteiger partial charge in [0.2, 0.25) is 0 Å². The molecule has 0 spiro atoms. The highest BCUT2D eigenvalue weighted by molar-refractivity contribution is 5.70. The van der Waals surface area contributed by atoms with Crippen LogP contribution in [0.5, 0.6) is 0 Å². The van der Waals surface area contributed by atoms with Gasteiger partial charge >= 0.3 is 0 Å². The van der Waals surface area contributed by atoms with E-state index in [1.54, 1.807) is 0 Å². The van der Waals surface area contributed by atoms with Crippen LogP contribution in [-0.4, -0.2) is 29.5 Å². The molecule has 0 atom stereocenters. The van der Waals surface area contributed by atoms with Crippen LogP contribution >= 0.6 is 0 Å². The summed E-state index contributed by atoms with van der Waals surface area (Å²) in [6, 6.07) is 0. The van der Waals surface area contributed by atoms with Crippen molar-refractivity contribution in [2.24, 2.45) is 0 Å². The number of hydrogen-bond acceptors (Lipinski definition) is 5. The first-order valence-electron chi connectivity index (χ1n) is 4.49. The molecule has 74 valence electrons. The molecule has 0 fully saturated rings. The average molecular weight is 193 g/mol. The van der Waals surface area contributed by atoms with Gasteiger partial charge < -0.3 is 10.5 Å². The van der Waals surface area contributed by atoms with Crippen LogP contribution < -0.4 is 5.73 Å². The minimum Gasteiger partial charge on any atom is -0.383 e. The summed E-state index contributed by atoms with van der Waals surface area (Å²) in [6.07, 6.45) is 2.03. The van der Waals surface area contributed by atoms with Crippen LogP contribution in [0.4, 0.5) is 5.82 Å². The topological polar surface area (TPSA) is 78.1 Å². The van der Waals surface area contributed by atoms with Gasteiger partial charge in [0, 0.05) is 18.4 Å². The number of nitrogens with two attached hydrogens (primary N) is 1. The third-order valence-electron chi connectivity index (χ3n) is 2.23. The Hall–Kier alpha value is -1.49. The highest BCUT2D eigenvalue weighted by atomic mass is 16.5. The quantitative estimate of drug-likeness (QED) is 0.634. The summed E-state index contributed by atoms with van der Waals surface area (Å²) in [5.74, 6) is 0.561.